The van der Waals surface area contributed by atoms with Crippen LogP contribution < -0.4 is 4.90 Å². The van der Waals surface area contributed by atoms with Crippen LogP contribution in [0.15, 0.2) is 48.5 Å². The molecule has 0 radical (unpaired) electrons. The van der Waals surface area contributed by atoms with E-state index >= 15 is 0 Å². The summed E-state index contributed by atoms with van der Waals surface area (Å²) in [6.07, 6.45) is 0.134. The van der Waals surface area contributed by atoms with Gasteiger partial charge in [0.2, 0.25) is 0 Å². The van der Waals surface area contributed by atoms with Gasteiger partial charge in [-0.2, -0.15) is 0 Å². The van der Waals surface area contributed by atoms with Gasteiger partial charge in [0.25, 0.3) is 17.7 Å². The number of hydrogen-bond donors (Lipinski definition) is 0. The lowest BCUT2D eigenvalue weighted by molar-refractivity contribution is -0.154. The number of nitrogens with zero attached hydrogens (tertiary/aromatic N) is 2. The number of imide groups is 1. The highest BCUT2D eigenvalue weighted by Gasteiger charge is 2.36. The summed E-state index contributed by atoms with van der Waals surface area (Å²) in [4.78, 5) is 52.7. The minimum Gasteiger partial charge on any atom is -0.453 e. The third kappa shape index (κ3) is 3.83. The third-order valence-electron chi connectivity index (χ3n) is 5.74. The maximum atomic E-state index is 12.9. The minimum atomic E-state index is -0.916. The van der Waals surface area contributed by atoms with Crippen molar-refractivity contribution < 1.29 is 23.9 Å². The van der Waals surface area contributed by atoms with Crippen molar-refractivity contribution >= 4 is 29.4 Å². The first-order valence-electron chi connectivity index (χ1n) is 10.4. The number of anilines is 1. The highest BCUT2D eigenvalue weighted by molar-refractivity contribution is 6.21. The molecule has 7 heteroatoms. The highest BCUT2D eigenvalue weighted by atomic mass is 16.5. The smallest absolute Gasteiger partial charge is 0.306 e. The predicted molar refractivity (Wildman–Crippen MR) is 114 cm³/mol. The topological polar surface area (TPSA) is 84.0 Å². The minimum absolute atomic E-state index is 0.000115. The Morgan fingerprint density at radius 2 is 1.65 bits per heavy atom. The van der Waals surface area contributed by atoms with E-state index in [-0.39, 0.29) is 43.1 Å². The molecule has 2 aromatic carbocycles. The first-order chi connectivity index (χ1) is 14.9. The normalized spacial score (nSPS) is 18.1. The van der Waals surface area contributed by atoms with Crippen LogP contribution in [0.5, 0.6) is 0 Å². The van der Waals surface area contributed by atoms with Gasteiger partial charge in [-0.3, -0.25) is 24.1 Å². The van der Waals surface area contributed by atoms with Gasteiger partial charge in [0.05, 0.1) is 11.1 Å². The fraction of sp³-hybridized carbons (Fsp3) is 0.333. The van der Waals surface area contributed by atoms with Crippen molar-refractivity contribution in [3.63, 3.8) is 0 Å². The Morgan fingerprint density at radius 3 is 2.32 bits per heavy atom. The van der Waals surface area contributed by atoms with Crippen LogP contribution in [-0.2, 0) is 20.7 Å². The Balaban J connectivity index is 1.29. The van der Waals surface area contributed by atoms with E-state index in [0.29, 0.717) is 11.1 Å². The first-order valence-corrected chi connectivity index (χ1v) is 10.4. The summed E-state index contributed by atoms with van der Waals surface area (Å²) in [5.74, 6) is -1.48. The molecule has 0 N–H and O–H groups in total. The van der Waals surface area contributed by atoms with E-state index in [1.165, 1.54) is 0 Å². The fourth-order valence-electron chi connectivity index (χ4n) is 4.23. The molecule has 0 fully saturated rings. The van der Waals surface area contributed by atoms with Crippen LogP contribution in [0.3, 0.4) is 0 Å². The molecule has 160 valence electrons. The van der Waals surface area contributed by atoms with Crippen LogP contribution in [-0.4, -0.2) is 47.3 Å². The van der Waals surface area contributed by atoms with Crippen LogP contribution in [0, 0.1) is 0 Å². The third-order valence-corrected chi connectivity index (χ3v) is 5.74. The second kappa shape index (κ2) is 8.34. The van der Waals surface area contributed by atoms with Crippen molar-refractivity contribution in [1.29, 1.82) is 0 Å². The standard InChI is InChI=1S/C24H24N2O5/c1-15-14-17-8-3-6-11-20(17)26(15)22(28)16(2)31-21(27)12-7-13-25-23(29)18-9-4-5-10-19(18)24(25)30/h3-6,8-11,15-16H,7,12-14H2,1-2H3/t15-,16+/m1/s1. The van der Waals surface area contributed by atoms with Gasteiger partial charge in [-0.15, -0.1) is 0 Å². The maximum absolute atomic E-state index is 12.9. The van der Waals surface area contributed by atoms with Crippen molar-refractivity contribution in [3.05, 3.63) is 65.2 Å². The number of fused-ring (bicyclic) bond motifs is 2. The number of para-hydroxylation sites is 1. The molecule has 0 saturated heterocycles. The van der Waals surface area contributed by atoms with Gasteiger partial charge in [0, 0.05) is 24.7 Å². The Morgan fingerprint density at radius 1 is 1.03 bits per heavy atom. The Kier molecular flexibility index (Phi) is 5.59. The summed E-state index contributed by atoms with van der Waals surface area (Å²) in [6, 6.07) is 14.4. The lowest BCUT2D eigenvalue weighted by atomic mass is 10.1. The van der Waals surface area contributed by atoms with Crippen molar-refractivity contribution in [3.8, 4) is 0 Å². The molecule has 2 aliphatic heterocycles. The van der Waals surface area contributed by atoms with E-state index < -0.39 is 12.1 Å². The molecule has 2 heterocycles. The van der Waals surface area contributed by atoms with Gasteiger partial charge < -0.3 is 9.64 Å². The van der Waals surface area contributed by atoms with Crippen LogP contribution in [0.1, 0.15) is 53.0 Å². The molecule has 0 spiro atoms. The molecular formula is C24H24N2O5. The van der Waals surface area contributed by atoms with Gasteiger partial charge in [-0.05, 0) is 50.5 Å². The zero-order chi connectivity index (χ0) is 22.1. The molecule has 2 aromatic rings. The van der Waals surface area contributed by atoms with E-state index in [4.69, 9.17) is 4.74 Å². The molecule has 7 nitrogen and oxygen atoms in total. The lowest BCUT2D eigenvalue weighted by Gasteiger charge is -2.26. The second-order valence-corrected chi connectivity index (χ2v) is 7.93. The van der Waals surface area contributed by atoms with Crippen molar-refractivity contribution in [2.45, 2.75) is 45.3 Å². The summed E-state index contributed by atoms with van der Waals surface area (Å²) in [5, 5.41) is 0. The van der Waals surface area contributed by atoms with Gasteiger partial charge in [0.15, 0.2) is 6.10 Å². The van der Waals surface area contributed by atoms with E-state index in [1.807, 2.05) is 31.2 Å². The molecule has 3 amide bonds. The van der Waals surface area contributed by atoms with Crippen LogP contribution in [0.25, 0.3) is 0 Å². The van der Waals surface area contributed by atoms with Crippen molar-refractivity contribution in [2.24, 2.45) is 0 Å². The summed E-state index contributed by atoms with van der Waals surface area (Å²) in [5.41, 5.74) is 2.72. The number of amides is 3. The van der Waals surface area contributed by atoms with Gasteiger partial charge >= 0.3 is 5.97 Å². The number of rotatable bonds is 6. The Hall–Kier alpha value is -3.48. The van der Waals surface area contributed by atoms with Crippen LogP contribution in [0.4, 0.5) is 5.69 Å². The Bertz CT molecular complexity index is 1030. The largest absolute Gasteiger partial charge is 0.453 e. The molecule has 0 aromatic heterocycles. The summed E-state index contributed by atoms with van der Waals surface area (Å²) in [6.45, 7) is 3.66. The average molecular weight is 420 g/mol. The molecule has 0 saturated carbocycles. The van der Waals surface area contributed by atoms with Crippen molar-refractivity contribution in [1.82, 2.24) is 4.90 Å². The molecule has 4 rings (SSSR count). The molecule has 0 aliphatic carbocycles. The summed E-state index contributed by atoms with van der Waals surface area (Å²) in [7, 11) is 0. The lowest BCUT2D eigenvalue weighted by Crippen LogP contribution is -2.43. The average Bonchev–Trinajstić information content (AvgIpc) is 3.22. The monoisotopic (exact) mass is 420 g/mol. The van der Waals surface area contributed by atoms with Crippen LogP contribution in [0.2, 0.25) is 0 Å². The number of esters is 1. The van der Waals surface area contributed by atoms with E-state index in [0.717, 1.165) is 22.6 Å². The number of hydrogen-bond acceptors (Lipinski definition) is 5. The quantitative estimate of drug-likeness (QED) is 0.530. The summed E-state index contributed by atoms with van der Waals surface area (Å²) < 4.78 is 5.35. The van der Waals surface area contributed by atoms with Gasteiger partial charge in [-0.25, -0.2) is 0 Å². The zero-order valence-corrected chi connectivity index (χ0v) is 17.5. The number of carbonyl (C=O) groups is 4. The second-order valence-electron chi connectivity index (χ2n) is 7.93. The number of benzene rings is 2. The SMILES string of the molecule is C[C@H](OC(=O)CCCN1C(=O)c2ccccc2C1=O)C(=O)N1c2ccccc2C[C@H]1C. The molecule has 2 aliphatic rings. The van der Waals surface area contributed by atoms with E-state index in [1.54, 1.807) is 36.1 Å². The Labute approximate surface area is 180 Å². The van der Waals surface area contributed by atoms with Crippen LogP contribution >= 0.6 is 0 Å². The molecular weight excluding hydrogens is 396 g/mol. The highest BCUT2D eigenvalue weighted by Crippen LogP contribution is 2.32. The zero-order valence-electron chi connectivity index (χ0n) is 17.5. The molecule has 2 atom stereocenters. The summed E-state index contributed by atoms with van der Waals surface area (Å²) >= 11 is 0. The number of ether oxygens (including phenoxy) is 1. The number of carbonyl (C=O) groups excluding carboxylic acids is 4. The molecule has 31 heavy (non-hydrogen) atoms. The predicted octanol–water partition coefficient (Wildman–Crippen LogP) is 2.97. The first kappa shape index (κ1) is 20.8. The van der Waals surface area contributed by atoms with Crippen molar-refractivity contribution in [2.75, 3.05) is 11.4 Å². The molecule has 0 unspecified atom stereocenters. The van der Waals surface area contributed by atoms with Gasteiger partial charge in [-0.1, -0.05) is 30.3 Å². The molecule has 0 bridgehead atoms. The van der Waals surface area contributed by atoms with Gasteiger partial charge in [0.1, 0.15) is 0 Å². The fourth-order valence-corrected chi connectivity index (χ4v) is 4.23. The maximum Gasteiger partial charge on any atom is 0.306 e. The van der Waals surface area contributed by atoms with E-state index in [9.17, 15) is 19.2 Å². The van der Waals surface area contributed by atoms with E-state index in [2.05, 4.69) is 0 Å².